The fourth-order valence-electron chi connectivity index (χ4n) is 1.88. The van der Waals surface area contributed by atoms with Crippen molar-refractivity contribution in [3.8, 4) is 11.3 Å². The van der Waals surface area contributed by atoms with Gasteiger partial charge in [-0.15, -0.1) is 10.2 Å². The largest absolute Gasteiger partial charge is 0.375 e. The Hall–Kier alpha value is -1.72. The van der Waals surface area contributed by atoms with Crippen molar-refractivity contribution in [3.63, 3.8) is 0 Å². The molecule has 0 fully saturated rings. The number of anilines is 1. The summed E-state index contributed by atoms with van der Waals surface area (Å²) in [6.07, 6.45) is 0. The van der Waals surface area contributed by atoms with Gasteiger partial charge >= 0.3 is 0 Å². The Kier molecular flexibility index (Phi) is 2.65. The molecule has 18 heavy (non-hydrogen) atoms. The van der Waals surface area contributed by atoms with Crippen LogP contribution in [0.15, 0.2) is 24.3 Å². The number of nitrogen functional groups attached to an aromatic ring is 1. The molecule has 0 unspecified atom stereocenters. The van der Waals surface area contributed by atoms with E-state index in [1.807, 2.05) is 25.1 Å². The summed E-state index contributed by atoms with van der Waals surface area (Å²) in [5.74, 6) is 0. The average Bonchev–Trinajstić information content (AvgIpc) is 2.69. The van der Waals surface area contributed by atoms with Crippen molar-refractivity contribution >= 4 is 38.3 Å². The Morgan fingerprint density at radius 3 is 2.89 bits per heavy atom. The zero-order valence-corrected chi connectivity index (χ0v) is 11.1. The van der Waals surface area contributed by atoms with E-state index in [1.54, 1.807) is 6.07 Å². The van der Waals surface area contributed by atoms with Crippen LogP contribution in [0.3, 0.4) is 0 Å². The quantitative estimate of drug-likeness (QED) is 0.741. The number of halogens is 1. The number of hydrogen-bond acceptors (Lipinski definition) is 5. The molecule has 0 aliphatic rings. The Morgan fingerprint density at radius 2 is 2.11 bits per heavy atom. The molecular formula is C12H9ClN4S. The van der Waals surface area contributed by atoms with Gasteiger partial charge < -0.3 is 5.73 Å². The SMILES string of the molecule is Cc1cc(Cl)nnc1-c1cccc2sc(N)nc12. The van der Waals surface area contributed by atoms with Crippen molar-refractivity contribution in [2.24, 2.45) is 0 Å². The summed E-state index contributed by atoms with van der Waals surface area (Å²) >= 11 is 7.28. The monoisotopic (exact) mass is 276 g/mol. The predicted molar refractivity (Wildman–Crippen MR) is 74.8 cm³/mol. The second-order valence-corrected chi connectivity index (χ2v) is 5.35. The lowest BCUT2D eigenvalue weighted by Gasteiger charge is -2.04. The van der Waals surface area contributed by atoms with Gasteiger partial charge in [0.1, 0.15) is 0 Å². The Labute approximate surface area is 112 Å². The van der Waals surface area contributed by atoms with Gasteiger partial charge in [-0.1, -0.05) is 35.1 Å². The summed E-state index contributed by atoms with van der Waals surface area (Å²) in [6, 6.07) is 7.71. The molecule has 3 rings (SSSR count). The van der Waals surface area contributed by atoms with Crippen molar-refractivity contribution in [2.45, 2.75) is 6.92 Å². The van der Waals surface area contributed by atoms with Crippen LogP contribution in [0.2, 0.25) is 5.15 Å². The minimum Gasteiger partial charge on any atom is -0.375 e. The van der Waals surface area contributed by atoms with E-state index in [4.69, 9.17) is 17.3 Å². The lowest BCUT2D eigenvalue weighted by molar-refractivity contribution is 1.02. The highest BCUT2D eigenvalue weighted by Gasteiger charge is 2.12. The summed E-state index contributed by atoms with van der Waals surface area (Å²) in [5.41, 5.74) is 9.30. The molecule has 0 spiro atoms. The highest BCUT2D eigenvalue weighted by molar-refractivity contribution is 7.22. The maximum Gasteiger partial charge on any atom is 0.181 e. The van der Waals surface area contributed by atoms with Gasteiger partial charge in [0, 0.05) is 5.56 Å². The van der Waals surface area contributed by atoms with Crippen molar-refractivity contribution < 1.29 is 0 Å². The Bertz CT molecular complexity index is 738. The second kappa shape index (κ2) is 4.19. The van der Waals surface area contributed by atoms with Crippen LogP contribution in [0.1, 0.15) is 5.56 Å². The molecule has 1 aromatic carbocycles. The Morgan fingerprint density at radius 1 is 1.28 bits per heavy atom. The van der Waals surface area contributed by atoms with Crippen LogP contribution in [0.5, 0.6) is 0 Å². The van der Waals surface area contributed by atoms with E-state index >= 15 is 0 Å². The van der Waals surface area contributed by atoms with Crippen LogP contribution < -0.4 is 5.73 Å². The summed E-state index contributed by atoms with van der Waals surface area (Å²) in [6.45, 7) is 1.95. The number of nitrogens with two attached hydrogens (primary N) is 1. The lowest BCUT2D eigenvalue weighted by atomic mass is 10.1. The van der Waals surface area contributed by atoms with Gasteiger partial charge in [-0.05, 0) is 24.6 Å². The van der Waals surface area contributed by atoms with Gasteiger partial charge in [0.05, 0.1) is 15.9 Å². The third kappa shape index (κ3) is 1.81. The Balaban J connectivity index is 2.31. The number of nitrogens with zero attached hydrogens (tertiary/aromatic N) is 3. The number of aryl methyl sites for hydroxylation is 1. The second-order valence-electron chi connectivity index (χ2n) is 3.90. The first-order chi connectivity index (χ1) is 8.65. The van der Waals surface area contributed by atoms with Crippen molar-refractivity contribution in [1.29, 1.82) is 0 Å². The fraction of sp³-hybridized carbons (Fsp3) is 0.0833. The van der Waals surface area contributed by atoms with E-state index in [-0.39, 0.29) is 0 Å². The summed E-state index contributed by atoms with van der Waals surface area (Å²) in [5, 5.41) is 8.98. The van der Waals surface area contributed by atoms with Gasteiger partial charge in [0.15, 0.2) is 10.3 Å². The molecule has 0 aliphatic carbocycles. The molecule has 6 heteroatoms. The minimum absolute atomic E-state index is 0.390. The number of thiazole rings is 1. The van der Waals surface area contributed by atoms with E-state index in [1.165, 1.54) is 11.3 Å². The predicted octanol–water partition coefficient (Wildman–Crippen LogP) is 3.30. The van der Waals surface area contributed by atoms with Crippen molar-refractivity contribution in [1.82, 2.24) is 15.2 Å². The molecule has 2 aromatic heterocycles. The van der Waals surface area contributed by atoms with Crippen molar-refractivity contribution in [2.75, 3.05) is 5.73 Å². The van der Waals surface area contributed by atoms with Gasteiger partial charge in [-0.3, -0.25) is 0 Å². The molecule has 0 atom stereocenters. The standard InChI is InChI=1S/C12H9ClN4S/c1-6-5-9(13)16-17-10(6)7-3-2-4-8-11(7)15-12(14)18-8/h2-5H,1H3,(H2,14,15). The third-order valence-corrected chi connectivity index (χ3v) is 3.68. The number of hydrogen-bond donors (Lipinski definition) is 1. The smallest absolute Gasteiger partial charge is 0.181 e. The first kappa shape index (κ1) is 11.4. The van der Waals surface area contributed by atoms with Gasteiger partial charge in [0.25, 0.3) is 0 Å². The molecule has 0 bridgehead atoms. The number of para-hydroxylation sites is 1. The topological polar surface area (TPSA) is 64.7 Å². The molecule has 0 saturated heterocycles. The highest BCUT2D eigenvalue weighted by Crippen LogP contribution is 2.32. The van der Waals surface area contributed by atoms with Crippen LogP contribution in [0.25, 0.3) is 21.5 Å². The van der Waals surface area contributed by atoms with E-state index in [0.717, 1.165) is 27.0 Å². The van der Waals surface area contributed by atoms with Crippen LogP contribution in [0, 0.1) is 6.92 Å². The molecule has 4 nitrogen and oxygen atoms in total. The van der Waals surface area contributed by atoms with Gasteiger partial charge in [0.2, 0.25) is 0 Å². The zero-order chi connectivity index (χ0) is 12.7. The zero-order valence-electron chi connectivity index (χ0n) is 9.51. The first-order valence-corrected chi connectivity index (χ1v) is 6.50. The average molecular weight is 277 g/mol. The molecule has 0 saturated carbocycles. The van der Waals surface area contributed by atoms with Crippen LogP contribution in [0.4, 0.5) is 5.13 Å². The van der Waals surface area contributed by atoms with Crippen LogP contribution >= 0.6 is 22.9 Å². The third-order valence-electron chi connectivity index (χ3n) is 2.65. The maximum absolute atomic E-state index is 5.82. The van der Waals surface area contributed by atoms with Gasteiger partial charge in [-0.2, -0.15) is 0 Å². The van der Waals surface area contributed by atoms with Gasteiger partial charge in [-0.25, -0.2) is 4.98 Å². The molecule has 0 amide bonds. The number of fused-ring (bicyclic) bond motifs is 1. The lowest BCUT2D eigenvalue weighted by Crippen LogP contribution is -1.93. The minimum atomic E-state index is 0.390. The van der Waals surface area contributed by atoms with Crippen LogP contribution in [-0.2, 0) is 0 Å². The molecule has 0 radical (unpaired) electrons. The molecule has 90 valence electrons. The van der Waals surface area contributed by atoms with Crippen molar-refractivity contribution in [3.05, 3.63) is 35.0 Å². The normalized spacial score (nSPS) is 11.0. The maximum atomic E-state index is 5.82. The molecule has 2 N–H and O–H groups in total. The van der Waals surface area contributed by atoms with E-state index in [2.05, 4.69) is 15.2 Å². The number of benzene rings is 1. The summed E-state index contributed by atoms with van der Waals surface area (Å²) in [7, 11) is 0. The molecule has 2 heterocycles. The summed E-state index contributed by atoms with van der Waals surface area (Å²) < 4.78 is 1.04. The summed E-state index contributed by atoms with van der Waals surface area (Å²) in [4.78, 5) is 4.35. The van der Waals surface area contributed by atoms with E-state index in [0.29, 0.717) is 10.3 Å². The van der Waals surface area contributed by atoms with E-state index in [9.17, 15) is 0 Å². The number of aromatic nitrogens is 3. The van der Waals surface area contributed by atoms with Crippen LogP contribution in [-0.4, -0.2) is 15.2 Å². The fourth-order valence-corrected chi connectivity index (χ4v) is 2.84. The molecule has 3 aromatic rings. The molecular weight excluding hydrogens is 268 g/mol. The number of rotatable bonds is 1. The highest BCUT2D eigenvalue weighted by atomic mass is 35.5. The van der Waals surface area contributed by atoms with E-state index < -0.39 is 0 Å². The first-order valence-electron chi connectivity index (χ1n) is 5.30. The molecule has 0 aliphatic heterocycles.